The van der Waals surface area contributed by atoms with Crippen molar-refractivity contribution in [3.05, 3.63) is 79.4 Å². The van der Waals surface area contributed by atoms with Crippen LogP contribution in [-0.2, 0) is 9.53 Å². The summed E-state index contributed by atoms with van der Waals surface area (Å²) in [5, 5.41) is 2.42. The van der Waals surface area contributed by atoms with Crippen molar-refractivity contribution in [2.75, 3.05) is 12.0 Å². The molecule has 0 aliphatic heterocycles. The molecule has 3 aromatic rings. The maximum absolute atomic E-state index is 11.5. The van der Waals surface area contributed by atoms with E-state index in [4.69, 9.17) is 9.47 Å². The summed E-state index contributed by atoms with van der Waals surface area (Å²) in [5.74, 6) is 0.0443. The van der Waals surface area contributed by atoms with E-state index in [0.29, 0.717) is 5.75 Å². The highest BCUT2D eigenvalue weighted by atomic mass is 16.5. The topological polar surface area (TPSA) is 38.8 Å². The summed E-state index contributed by atoms with van der Waals surface area (Å²) in [6, 6.07) is 22.8. The SMILES string of the molecule is C=CC(=O)Oc1ccc(N(c2ccc3ccccc3c2)C(C)CCC(CC)OC)cc1. The second kappa shape index (κ2) is 10.8. The minimum absolute atomic E-state index is 0.256. The van der Waals surface area contributed by atoms with Crippen molar-refractivity contribution in [2.45, 2.75) is 45.3 Å². The Morgan fingerprint density at radius 3 is 2.32 bits per heavy atom. The van der Waals surface area contributed by atoms with Gasteiger partial charge >= 0.3 is 5.97 Å². The molecule has 0 heterocycles. The molecule has 0 spiro atoms. The van der Waals surface area contributed by atoms with Crippen LogP contribution < -0.4 is 9.64 Å². The van der Waals surface area contributed by atoms with E-state index in [1.807, 2.05) is 24.3 Å². The lowest BCUT2D eigenvalue weighted by Gasteiger charge is -2.32. The van der Waals surface area contributed by atoms with E-state index >= 15 is 0 Å². The Morgan fingerprint density at radius 1 is 1.00 bits per heavy atom. The zero-order valence-electron chi connectivity index (χ0n) is 18.6. The molecule has 31 heavy (non-hydrogen) atoms. The maximum Gasteiger partial charge on any atom is 0.335 e. The van der Waals surface area contributed by atoms with Gasteiger partial charge in [-0.15, -0.1) is 0 Å². The number of anilines is 2. The van der Waals surface area contributed by atoms with Gasteiger partial charge in [-0.2, -0.15) is 0 Å². The summed E-state index contributed by atoms with van der Waals surface area (Å²) in [7, 11) is 1.78. The van der Waals surface area contributed by atoms with Crippen LogP contribution in [0.5, 0.6) is 5.75 Å². The number of hydrogen-bond acceptors (Lipinski definition) is 4. The molecule has 2 atom stereocenters. The summed E-state index contributed by atoms with van der Waals surface area (Å²) in [6.07, 6.45) is 4.42. The number of ether oxygens (including phenoxy) is 2. The quantitative estimate of drug-likeness (QED) is 0.210. The molecule has 2 unspecified atom stereocenters. The molecule has 0 amide bonds. The molecule has 0 aliphatic carbocycles. The first-order chi connectivity index (χ1) is 15.0. The molecule has 0 aromatic heterocycles. The molecule has 0 fully saturated rings. The number of carbonyl (C=O) groups excluding carboxylic acids is 1. The normalized spacial score (nSPS) is 12.9. The smallest absolute Gasteiger partial charge is 0.335 e. The minimum atomic E-state index is -0.460. The fraction of sp³-hybridized carbons (Fsp3) is 0.296. The van der Waals surface area contributed by atoms with E-state index in [0.717, 1.165) is 36.7 Å². The molecule has 0 aliphatic rings. The van der Waals surface area contributed by atoms with Crippen molar-refractivity contribution in [2.24, 2.45) is 0 Å². The molecule has 0 radical (unpaired) electrons. The van der Waals surface area contributed by atoms with Crippen molar-refractivity contribution in [3.8, 4) is 5.75 Å². The first-order valence-corrected chi connectivity index (χ1v) is 10.8. The number of hydrogen-bond donors (Lipinski definition) is 0. The number of esters is 1. The van der Waals surface area contributed by atoms with Crippen LogP contribution in [0.15, 0.2) is 79.4 Å². The molecule has 162 valence electrons. The highest BCUT2D eigenvalue weighted by molar-refractivity contribution is 5.87. The van der Waals surface area contributed by atoms with E-state index in [-0.39, 0.29) is 12.1 Å². The van der Waals surface area contributed by atoms with Gasteiger partial charge < -0.3 is 14.4 Å². The molecule has 0 N–H and O–H groups in total. The second-order valence-corrected chi connectivity index (χ2v) is 7.71. The fourth-order valence-corrected chi connectivity index (χ4v) is 3.86. The number of fused-ring (bicyclic) bond motifs is 1. The molecule has 4 nitrogen and oxygen atoms in total. The predicted molar refractivity (Wildman–Crippen MR) is 128 cm³/mol. The van der Waals surface area contributed by atoms with Crippen LogP contribution in [0.1, 0.15) is 33.1 Å². The van der Waals surface area contributed by atoms with Crippen molar-refractivity contribution < 1.29 is 14.3 Å². The predicted octanol–water partition coefficient (Wildman–Crippen LogP) is 6.66. The van der Waals surface area contributed by atoms with Crippen molar-refractivity contribution >= 4 is 28.1 Å². The van der Waals surface area contributed by atoms with Gasteiger partial charge in [0.25, 0.3) is 0 Å². The average molecular weight is 418 g/mol. The lowest BCUT2D eigenvalue weighted by molar-refractivity contribution is -0.128. The monoisotopic (exact) mass is 417 g/mol. The number of methoxy groups -OCH3 is 1. The van der Waals surface area contributed by atoms with Gasteiger partial charge in [0.1, 0.15) is 5.75 Å². The van der Waals surface area contributed by atoms with Crippen LogP contribution in [0.2, 0.25) is 0 Å². The Hall–Kier alpha value is -3.11. The van der Waals surface area contributed by atoms with Gasteiger partial charge in [0.05, 0.1) is 6.10 Å². The number of nitrogens with zero attached hydrogens (tertiary/aromatic N) is 1. The average Bonchev–Trinajstić information content (AvgIpc) is 2.81. The van der Waals surface area contributed by atoms with Crippen molar-refractivity contribution in [1.29, 1.82) is 0 Å². The molecular weight excluding hydrogens is 386 g/mol. The van der Waals surface area contributed by atoms with Crippen LogP contribution in [0.3, 0.4) is 0 Å². The summed E-state index contributed by atoms with van der Waals surface area (Å²) in [4.78, 5) is 13.8. The Balaban J connectivity index is 1.92. The Kier molecular flexibility index (Phi) is 7.85. The zero-order valence-corrected chi connectivity index (χ0v) is 18.6. The van der Waals surface area contributed by atoms with Crippen LogP contribution in [0.4, 0.5) is 11.4 Å². The summed E-state index contributed by atoms with van der Waals surface area (Å²) >= 11 is 0. The molecule has 0 bridgehead atoms. The molecule has 4 heteroatoms. The van der Waals surface area contributed by atoms with Crippen LogP contribution in [0, 0.1) is 0 Å². The summed E-state index contributed by atoms with van der Waals surface area (Å²) in [6.45, 7) is 7.84. The van der Waals surface area contributed by atoms with Gasteiger partial charge in [0, 0.05) is 30.6 Å². The van der Waals surface area contributed by atoms with Gasteiger partial charge in [-0.3, -0.25) is 0 Å². The lowest BCUT2D eigenvalue weighted by Crippen LogP contribution is -2.29. The lowest BCUT2D eigenvalue weighted by atomic mass is 10.0. The standard InChI is InChI=1S/C27H31NO3/c1-5-25(30-4)16-11-20(3)28(23-14-17-26(18-15-23)31-27(29)6-2)24-13-12-21-9-7-8-10-22(21)19-24/h6-10,12-15,17-20,25H,2,5,11,16H2,1,3-4H3. The van der Waals surface area contributed by atoms with E-state index in [9.17, 15) is 4.79 Å². The molecule has 0 saturated carbocycles. The Morgan fingerprint density at radius 2 is 1.68 bits per heavy atom. The largest absolute Gasteiger partial charge is 0.423 e. The molecular formula is C27H31NO3. The van der Waals surface area contributed by atoms with Gasteiger partial charge in [0.15, 0.2) is 0 Å². The molecule has 0 saturated heterocycles. The Bertz CT molecular complexity index is 1010. The van der Waals surface area contributed by atoms with Crippen molar-refractivity contribution in [1.82, 2.24) is 0 Å². The van der Waals surface area contributed by atoms with E-state index in [2.05, 4.69) is 67.8 Å². The van der Waals surface area contributed by atoms with Gasteiger partial charge in [-0.25, -0.2) is 4.79 Å². The van der Waals surface area contributed by atoms with E-state index < -0.39 is 5.97 Å². The summed E-state index contributed by atoms with van der Waals surface area (Å²) < 4.78 is 10.8. The summed E-state index contributed by atoms with van der Waals surface area (Å²) in [5.41, 5.74) is 2.18. The third-order valence-electron chi connectivity index (χ3n) is 5.65. The van der Waals surface area contributed by atoms with E-state index in [1.165, 1.54) is 10.8 Å². The highest BCUT2D eigenvalue weighted by Crippen LogP contribution is 2.33. The number of rotatable bonds is 10. The van der Waals surface area contributed by atoms with Crippen molar-refractivity contribution in [3.63, 3.8) is 0 Å². The third-order valence-corrected chi connectivity index (χ3v) is 5.65. The third kappa shape index (κ3) is 5.74. The molecule has 3 aromatic carbocycles. The fourth-order valence-electron chi connectivity index (χ4n) is 3.86. The first-order valence-electron chi connectivity index (χ1n) is 10.8. The van der Waals surface area contributed by atoms with E-state index in [1.54, 1.807) is 7.11 Å². The van der Waals surface area contributed by atoms with Crippen LogP contribution in [0.25, 0.3) is 10.8 Å². The molecule has 3 rings (SSSR count). The highest BCUT2D eigenvalue weighted by Gasteiger charge is 2.19. The maximum atomic E-state index is 11.5. The minimum Gasteiger partial charge on any atom is -0.423 e. The Labute approximate surface area is 185 Å². The van der Waals surface area contributed by atoms with Gasteiger partial charge in [0.2, 0.25) is 0 Å². The second-order valence-electron chi connectivity index (χ2n) is 7.71. The number of benzene rings is 3. The number of carbonyl (C=O) groups is 1. The van der Waals surface area contributed by atoms with Gasteiger partial charge in [-0.1, -0.05) is 43.8 Å². The van der Waals surface area contributed by atoms with Crippen LogP contribution in [-0.4, -0.2) is 25.2 Å². The first kappa shape index (κ1) is 22.6. The van der Waals surface area contributed by atoms with Crippen LogP contribution >= 0.6 is 0 Å². The zero-order chi connectivity index (χ0) is 22.2. The van der Waals surface area contributed by atoms with Gasteiger partial charge in [-0.05, 0) is 73.4 Å².